The van der Waals surface area contributed by atoms with Gasteiger partial charge in [0.2, 0.25) is 0 Å². The molecule has 0 spiro atoms. The van der Waals surface area contributed by atoms with E-state index in [-0.39, 0.29) is 12.5 Å². The predicted octanol–water partition coefficient (Wildman–Crippen LogP) is 4.49. The fraction of sp³-hybridized carbons (Fsp3) is 0.278. The molecule has 5 heteroatoms. The minimum Gasteiger partial charge on any atom is -0.493 e. The molecule has 0 radical (unpaired) electrons. The lowest BCUT2D eigenvalue weighted by atomic mass is 10.3. The molecule has 1 N–H and O–H groups in total. The van der Waals surface area contributed by atoms with Gasteiger partial charge in [-0.1, -0.05) is 19.4 Å². The molecule has 0 aromatic heterocycles. The number of halogens is 1. The van der Waals surface area contributed by atoms with Crippen LogP contribution in [-0.2, 0) is 4.79 Å². The summed E-state index contributed by atoms with van der Waals surface area (Å²) in [7, 11) is 0. The molecule has 0 heterocycles. The van der Waals surface area contributed by atoms with E-state index in [4.69, 9.17) is 9.47 Å². The lowest BCUT2D eigenvalue weighted by Gasteiger charge is -2.10. The van der Waals surface area contributed by atoms with Crippen molar-refractivity contribution in [1.82, 2.24) is 0 Å². The first-order valence-electron chi connectivity index (χ1n) is 7.58. The quantitative estimate of drug-likeness (QED) is 0.501. The Kier molecular flexibility index (Phi) is 7.19. The Hall–Kier alpha value is -1.76. The van der Waals surface area contributed by atoms with Crippen molar-refractivity contribution in [3.05, 3.63) is 52.1 Å². The maximum Gasteiger partial charge on any atom is 0.262 e. The minimum atomic E-state index is -0.191. The van der Waals surface area contributed by atoms with Crippen molar-refractivity contribution in [2.75, 3.05) is 18.5 Å². The number of benzene rings is 2. The smallest absolute Gasteiger partial charge is 0.262 e. The average molecular weight is 425 g/mol. The van der Waals surface area contributed by atoms with Crippen LogP contribution in [0, 0.1) is 3.57 Å². The first kappa shape index (κ1) is 17.6. The van der Waals surface area contributed by atoms with E-state index in [1.54, 1.807) is 6.07 Å². The van der Waals surface area contributed by atoms with E-state index >= 15 is 0 Å². The van der Waals surface area contributed by atoms with E-state index in [1.165, 1.54) is 0 Å². The van der Waals surface area contributed by atoms with Crippen LogP contribution in [0.4, 0.5) is 5.69 Å². The molecule has 0 aliphatic rings. The van der Waals surface area contributed by atoms with Gasteiger partial charge in [-0.2, -0.15) is 0 Å². The molecule has 0 aliphatic heterocycles. The molecular formula is C18H20INO3. The second-order valence-corrected chi connectivity index (χ2v) is 6.27. The Labute approximate surface area is 150 Å². The van der Waals surface area contributed by atoms with Gasteiger partial charge in [0.25, 0.3) is 5.91 Å². The summed E-state index contributed by atoms with van der Waals surface area (Å²) in [5, 5.41) is 2.80. The Morgan fingerprint density at radius 1 is 1.09 bits per heavy atom. The molecule has 0 bridgehead atoms. The number of amides is 1. The monoisotopic (exact) mass is 425 g/mol. The number of carbonyl (C=O) groups is 1. The van der Waals surface area contributed by atoms with Crippen molar-refractivity contribution < 1.29 is 14.3 Å². The number of anilines is 1. The average Bonchev–Trinajstić information content (AvgIpc) is 2.56. The fourth-order valence-corrected chi connectivity index (χ4v) is 2.23. The van der Waals surface area contributed by atoms with Crippen LogP contribution in [0.2, 0.25) is 0 Å². The van der Waals surface area contributed by atoms with Gasteiger partial charge in [-0.15, -0.1) is 0 Å². The third-order valence-electron chi connectivity index (χ3n) is 3.07. The van der Waals surface area contributed by atoms with Crippen molar-refractivity contribution in [3.63, 3.8) is 0 Å². The van der Waals surface area contributed by atoms with Gasteiger partial charge in [0, 0.05) is 15.3 Å². The molecule has 0 unspecified atom stereocenters. The summed E-state index contributed by atoms with van der Waals surface area (Å²) in [6, 6.07) is 15.0. The van der Waals surface area contributed by atoms with Gasteiger partial charge >= 0.3 is 0 Å². The fourth-order valence-electron chi connectivity index (χ4n) is 1.87. The van der Waals surface area contributed by atoms with Gasteiger partial charge in [-0.25, -0.2) is 0 Å². The summed E-state index contributed by atoms with van der Waals surface area (Å²) in [4.78, 5) is 11.9. The lowest BCUT2D eigenvalue weighted by Crippen LogP contribution is -2.20. The zero-order valence-electron chi connectivity index (χ0n) is 13.0. The van der Waals surface area contributed by atoms with E-state index in [0.29, 0.717) is 12.4 Å². The molecule has 0 fully saturated rings. The van der Waals surface area contributed by atoms with Crippen LogP contribution < -0.4 is 14.8 Å². The van der Waals surface area contributed by atoms with Gasteiger partial charge < -0.3 is 14.8 Å². The van der Waals surface area contributed by atoms with Gasteiger partial charge in [-0.05, 0) is 65.4 Å². The second kappa shape index (κ2) is 9.39. The summed E-state index contributed by atoms with van der Waals surface area (Å²) < 4.78 is 12.3. The van der Waals surface area contributed by atoms with E-state index in [1.807, 2.05) is 42.5 Å². The Morgan fingerprint density at radius 2 is 1.78 bits per heavy atom. The summed E-state index contributed by atoms with van der Waals surface area (Å²) in [6.45, 7) is 2.77. The Bertz CT molecular complexity index is 628. The normalized spacial score (nSPS) is 10.2. The topological polar surface area (TPSA) is 47.6 Å². The summed E-state index contributed by atoms with van der Waals surface area (Å²) >= 11 is 2.22. The molecule has 122 valence electrons. The molecule has 1 amide bonds. The molecule has 0 atom stereocenters. The van der Waals surface area contributed by atoms with Crippen LogP contribution in [-0.4, -0.2) is 19.1 Å². The van der Waals surface area contributed by atoms with Gasteiger partial charge in [-0.3, -0.25) is 4.79 Å². The van der Waals surface area contributed by atoms with Crippen LogP contribution in [0.3, 0.4) is 0 Å². The van der Waals surface area contributed by atoms with Gasteiger partial charge in [0.15, 0.2) is 6.61 Å². The second-order valence-electron chi connectivity index (χ2n) is 5.02. The van der Waals surface area contributed by atoms with E-state index in [0.717, 1.165) is 27.8 Å². The number of hydrogen-bond acceptors (Lipinski definition) is 3. The van der Waals surface area contributed by atoms with Crippen molar-refractivity contribution in [2.45, 2.75) is 19.8 Å². The highest BCUT2D eigenvalue weighted by Crippen LogP contribution is 2.19. The standard InChI is InChI=1S/C18H20INO3/c1-2-3-11-22-16-5-4-6-17(12-16)23-13-18(21)20-15-9-7-14(19)8-10-15/h4-10,12H,2-3,11,13H2,1H3,(H,20,21). The van der Waals surface area contributed by atoms with E-state index < -0.39 is 0 Å². The van der Waals surface area contributed by atoms with Crippen molar-refractivity contribution in [1.29, 1.82) is 0 Å². The number of carbonyl (C=O) groups excluding carboxylic acids is 1. The SMILES string of the molecule is CCCCOc1cccc(OCC(=O)Nc2ccc(I)cc2)c1. The zero-order valence-corrected chi connectivity index (χ0v) is 15.2. The van der Waals surface area contributed by atoms with Crippen LogP contribution >= 0.6 is 22.6 Å². The summed E-state index contributed by atoms with van der Waals surface area (Å²) in [6.07, 6.45) is 2.11. The highest BCUT2D eigenvalue weighted by Gasteiger charge is 2.05. The Balaban J connectivity index is 1.81. The minimum absolute atomic E-state index is 0.0373. The van der Waals surface area contributed by atoms with E-state index in [2.05, 4.69) is 34.8 Å². The lowest BCUT2D eigenvalue weighted by molar-refractivity contribution is -0.118. The number of ether oxygens (including phenoxy) is 2. The van der Waals surface area contributed by atoms with Crippen molar-refractivity contribution >= 4 is 34.2 Å². The maximum atomic E-state index is 11.9. The molecule has 0 saturated heterocycles. The molecular weight excluding hydrogens is 405 g/mol. The van der Waals surface area contributed by atoms with Crippen LogP contribution in [0.15, 0.2) is 48.5 Å². The molecule has 2 aromatic carbocycles. The number of nitrogens with one attached hydrogen (secondary N) is 1. The van der Waals surface area contributed by atoms with E-state index in [9.17, 15) is 4.79 Å². The largest absolute Gasteiger partial charge is 0.493 e. The molecule has 0 saturated carbocycles. The predicted molar refractivity (Wildman–Crippen MR) is 100 cm³/mol. The van der Waals surface area contributed by atoms with Crippen LogP contribution in [0.1, 0.15) is 19.8 Å². The number of unbranched alkanes of at least 4 members (excludes halogenated alkanes) is 1. The first-order chi connectivity index (χ1) is 11.2. The Morgan fingerprint density at radius 3 is 2.48 bits per heavy atom. The van der Waals surface area contributed by atoms with Crippen LogP contribution in [0.25, 0.3) is 0 Å². The molecule has 0 aliphatic carbocycles. The number of hydrogen-bond donors (Lipinski definition) is 1. The zero-order chi connectivity index (χ0) is 16.5. The molecule has 2 aromatic rings. The van der Waals surface area contributed by atoms with Gasteiger partial charge in [0.05, 0.1) is 6.61 Å². The summed E-state index contributed by atoms with van der Waals surface area (Å²) in [5.74, 6) is 1.19. The van der Waals surface area contributed by atoms with Crippen molar-refractivity contribution in [3.8, 4) is 11.5 Å². The molecule has 4 nitrogen and oxygen atoms in total. The van der Waals surface area contributed by atoms with Crippen molar-refractivity contribution in [2.24, 2.45) is 0 Å². The third kappa shape index (κ3) is 6.48. The summed E-state index contributed by atoms with van der Waals surface area (Å²) in [5.41, 5.74) is 0.760. The first-order valence-corrected chi connectivity index (χ1v) is 8.66. The van der Waals surface area contributed by atoms with Gasteiger partial charge in [0.1, 0.15) is 11.5 Å². The third-order valence-corrected chi connectivity index (χ3v) is 3.79. The van der Waals surface area contributed by atoms with Crippen LogP contribution in [0.5, 0.6) is 11.5 Å². The number of rotatable bonds is 8. The molecule has 23 heavy (non-hydrogen) atoms. The molecule has 2 rings (SSSR count). The highest BCUT2D eigenvalue weighted by molar-refractivity contribution is 14.1. The maximum absolute atomic E-state index is 11.9. The highest BCUT2D eigenvalue weighted by atomic mass is 127.